The first-order valence-corrected chi connectivity index (χ1v) is 12.4. The van der Waals surface area contributed by atoms with Crippen molar-refractivity contribution in [3.05, 3.63) is 77.4 Å². The standard InChI is InChI=1S/C24H25F3N4O5S/c1-29(16-17-9-11-18(12-10-17)22-28-13-15-31(22)23(33)34)21(32)8-5-14-30(2)37(35,36)20-7-4-3-6-19(20)24(25,26)27/h3-12H,13-16H2,1-2H3,(H,33,34). The molecule has 0 bridgehead atoms. The lowest BCUT2D eigenvalue weighted by Crippen LogP contribution is -2.33. The van der Waals surface area contributed by atoms with Crippen LogP contribution in [0.2, 0.25) is 0 Å². The van der Waals surface area contributed by atoms with Crippen LogP contribution in [0.15, 0.2) is 70.6 Å². The summed E-state index contributed by atoms with van der Waals surface area (Å²) in [5, 5.41) is 9.24. The van der Waals surface area contributed by atoms with E-state index in [0.717, 1.165) is 40.0 Å². The van der Waals surface area contributed by atoms with E-state index < -0.39 is 38.7 Å². The molecule has 3 rings (SSSR count). The van der Waals surface area contributed by atoms with E-state index in [9.17, 15) is 36.3 Å². The van der Waals surface area contributed by atoms with E-state index in [4.69, 9.17) is 0 Å². The second-order valence-electron chi connectivity index (χ2n) is 8.21. The van der Waals surface area contributed by atoms with E-state index in [1.165, 1.54) is 24.1 Å². The van der Waals surface area contributed by atoms with Gasteiger partial charge in [0.25, 0.3) is 0 Å². The third-order valence-electron chi connectivity index (χ3n) is 5.58. The highest BCUT2D eigenvalue weighted by Crippen LogP contribution is 2.34. The summed E-state index contributed by atoms with van der Waals surface area (Å²) in [5.74, 6) is -0.0777. The number of amides is 2. The van der Waals surface area contributed by atoms with Gasteiger partial charge < -0.3 is 10.0 Å². The number of benzene rings is 2. The second kappa shape index (κ2) is 11.1. The number of hydrogen-bond acceptors (Lipinski definition) is 5. The summed E-state index contributed by atoms with van der Waals surface area (Å²) in [4.78, 5) is 29.6. The minimum atomic E-state index is -4.84. The number of aliphatic imine (C=N–C) groups is 1. The molecule has 0 fully saturated rings. The first-order chi connectivity index (χ1) is 17.3. The Morgan fingerprint density at radius 2 is 1.76 bits per heavy atom. The number of sulfonamides is 1. The van der Waals surface area contributed by atoms with Crippen molar-refractivity contribution in [2.24, 2.45) is 4.99 Å². The molecule has 1 aliphatic heterocycles. The van der Waals surface area contributed by atoms with Gasteiger partial charge in [-0.3, -0.25) is 14.7 Å². The van der Waals surface area contributed by atoms with Crippen LogP contribution in [0.3, 0.4) is 0 Å². The number of carbonyl (C=O) groups excluding carboxylic acids is 1. The van der Waals surface area contributed by atoms with Crippen molar-refractivity contribution < 1.29 is 36.3 Å². The largest absolute Gasteiger partial charge is 0.465 e. The molecule has 0 unspecified atom stereocenters. The number of nitrogens with zero attached hydrogens (tertiary/aromatic N) is 4. The Hall–Kier alpha value is -3.71. The second-order valence-corrected chi connectivity index (χ2v) is 10.2. The topological polar surface area (TPSA) is 111 Å². The summed E-state index contributed by atoms with van der Waals surface area (Å²) in [7, 11) is -1.79. The van der Waals surface area contributed by atoms with Gasteiger partial charge in [0.2, 0.25) is 15.9 Å². The number of halogens is 3. The summed E-state index contributed by atoms with van der Waals surface area (Å²) in [5.41, 5.74) is 0.133. The number of alkyl halides is 3. The van der Waals surface area contributed by atoms with Crippen molar-refractivity contribution in [2.75, 3.05) is 33.7 Å². The fraction of sp³-hybridized carbons (Fsp3) is 0.292. The quantitative estimate of drug-likeness (QED) is 0.519. The van der Waals surface area contributed by atoms with Gasteiger partial charge in [-0.05, 0) is 17.7 Å². The van der Waals surface area contributed by atoms with E-state index in [1.807, 2.05) is 0 Å². The van der Waals surface area contributed by atoms with Crippen LogP contribution in [-0.4, -0.2) is 79.2 Å². The molecule has 0 saturated carbocycles. The Morgan fingerprint density at radius 3 is 2.38 bits per heavy atom. The molecule has 9 nitrogen and oxygen atoms in total. The maximum atomic E-state index is 13.2. The van der Waals surface area contributed by atoms with Crippen LogP contribution in [0.1, 0.15) is 16.7 Å². The molecule has 1 heterocycles. The van der Waals surface area contributed by atoms with Gasteiger partial charge in [-0.2, -0.15) is 17.5 Å². The lowest BCUT2D eigenvalue weighted by Gasteiger charge is -2.19. The molecule has 0 spiro atoms. The first kappa shape index (κ1) is 27.9. The molecule has 2 aromatic rings. The fourth-order valence-electron chi connectivity index (χ4n) is 3.61. The number of hydrogen-bond donors (Lipinski definition) is 1. The van der Waals surface area contributed by atoms with Crippen molar-refractivity contribution in [2.45, 2.75) is 17.6 Å². The molecule has 1 N–H and O–H groups in total. The van der Waals surface area contributed by atoms with Crippen molar-refractivity contribution in [1.82, 2.24) is 14.1 Å². The van der Waals surface area contributed by atoms with Crippen molar-refractivity contribution in [3.63, 3.8) is 0 Å². The highest BCUT2D eigenvalue weighted by atomic mass is 32.2. The minimum Gasteiger partial charge on any atom is -0.465 e. The van der Waals surface area contributed by atoms with Crippen LogP contribution in [-0.2, 0) is 27.5 Å². The summed E-state index contributed by atoms with van der Waals surface area (Å²) in [6, 6.07) is 10.8. The van der Waals surface area contributed by atoms with Gasteiger partial charge >= 0.3 is 12.3 Å². The van der Waals surface area contributed by atoms with Gasteiger partial charge in [0.15, 0.2) is 0 Å². The molecular weight excluding hydrogens is 513 g/mol. The number of rotatable bonds is 8. The molecule has 13 heteroatoms. The average Bonchev–Trinajstić information content (AvgIpc) is 3.34. The van der Waals surface area contributed by atoms with Crippen LogP contribution in [0.5, 0.6) is 0 Å². The van der Waals surface area contributed by atoms with Gasteiger partial charge in [0.05, 0.1) is 23.5 Å². The molecular formula is C24H25F3N4O5S. The summed E-state index contributed by atoms with van der Waals surface area (Å²) in [6.45, 7) is 0.580. The zero-order valence-corrected chi connectivity index (χ0v) is 20.8. The Balaban J connectivity index is 1.60. The van der Waals surface area contributed by atoms with E-state index >= 15 is 0 Å². The van der Waals surface area contributed by atoms with E-state index in [0.29, 0.717) is 30.6 Å². The SMILES string of the molecule is CN(Cc1ccc(C2=NCCN2C(=O)O)cc1)C(=O)C=CCN(C)S(=O)(=O)c1ccccc1C(F)(F)F. The van der Waals surface area contributed by atoms with Crippen LogP contribution < -0.4 is 0 Å². The summed E-state index contributed by atoms with van der Waals surface area (Å²) in [6.07, 6.45) is -3.51. The Morgan fingerprint density at radius 1 is 1.11 bits per heavy atom. The predicted molar refractivity (Wildman–Crippen MR) is 129 cm³/mol. The average molecular weight is 539 g/mol. The molecule has 37 heavy (non-hydrogen) atoms. The van der Waals surface area contributed by atoms with Crippen molar-refractivity contribution >= 4 is 27.9 Å². The van der Waals surface area contributed by atoms with Gasteiger partial charge in [-0.1, -0.05) is 42.5 Å². The molecule has 0 aromatic heterocycles. The maximum absolute atomic E-state index is 13.2. The van der Waals surface area contributed by atoms with Gasteiger partial charge in [0.1, 0.15) is 5.84 Å². The molecule has 0 radical (unpaired) electrons. The predicted octanol–water partition coefficient (Wildman–Crippen LogP) is 3.28. The number of carbonyl (C=O) groups is 2. The van der Waals surface area contributed by atoms with Crippen molar-refractivity contribution in [3.8, 4) is 0 Å². The number of carboxylic acid groups (broad SMARTS) is 1. The zero-order valence-electron chi connectivity index (χ0n) is 20.0. The fourth-order valence-corrected chi connectivity index (χ4v) is 4.94. The zero-order chi connectivity index (χ0) is 27.4. The number of amidine groups is 1. The Bertz CT molecular complexity index is 1320. The van der Waals surface area contributed by atoms with E-state index in [2.05, 4.69) is 4.99 Å². The third-order valence-corrected chi connectivity index (χ3v) is 7.47. The molecule has 2 amide bonds. The van der Waals surface area contributed by atoms with Crippen LogP contribution >= 0.6 is 0 Å². The monoisotopic (exact) mass is 538 g/mol. The lowest BCUT2D eigenvalue weighted by molar-refractivity contribution is -0.140. The van der Waals surface area contributed by atoms with E-state index in [-0.39, 0.29) is 13.1 Å². The Labute approximate surface area is 212 Å². The highest BCUT2D eigenvalue weighted by molar-refractivity contribution is 7.89. The Kier molecular flexibility index (Phi) is 8.39. The molecule has 0 atom stereocenters. The summed E-state index contributed by atoms with van der Waals surface area (Å²) < 4.78 is 65.8. The van der Waals surface area contributed by atoms with Crippen LogP contribution in [0, 0.1) is 0 Å². The van der Waals surface area contributed by atoms with Crippen LogP contribution in [0.4, 0.5) is 18.0 Å². The van der Waals surface area contributed by atoms with Gasteiger partial charge in [-0.15, -0.1) is 0 Å². The maximum Gasteiger partial charge on any atom is 0.417 e. The molecule has 1 aliphatic rings. The summed E-state index contributed by atoms with van der Waals surface area (Å²) >= 11 is 0. The van der Waals surface area contributed by atoms with E-state index in [1.54, 1.807) is 24.3 Å². The van der Waals surface area contributed by atoms with Gasteiger partial charge in [0, 0.05) is 38.8 Å². The smallest absolute Gasteiger partial charge is 0.417 e. The normalized spacial score (nSPS) is 14.3. The lowest BCUT2D eigenvalue weighted by atomic mass is 10.1. The van der Waals surface area contributed by atoms with Crippen molar-refractivity contribution in [1.29, 1.82) is 0 Å². The highest BCUT2D eigenvalue weighted by Gasteiger charge is 2.37. The molecule has 2 aromatic carbocycles. The third kappa shape index (κ3) is 6.54. The number of likely N-dealkylation sites (N-methyl/N-ethyl adjacent to an activating group) is 2. The van der Waals surface area contributed by atoms with Crippen LogP contribution in [0.25, 0.3) is 0 Å². The molecule has 198 valence electrons. The minimum absolute atomic E-state index is 0.214. The molecule has 0 aliphatic carbocycles. The first-order valence-electron chi connectivity index (χ1n) is 11.0. The van der Waals surface area contributed by atoms with Gasteiger partial charge in [-0.25, -0.2) is 13.2 Å². The molecule has 0 saturated heterocycles.